The standard InChI is InChI=1S/C12H17ClN2O3/c1-4-8(14)12(16)15-9-6-11(18-3)10(17-2)5-7(9)13/h5-6,8H,4,14H2,1-3H3,(H,15,16)/t8-/m0/s1. The van der Waals surface area contributed by atoms with Gasteiger partial charge in [-0.15, -0.1) is 0 Å². The van der Waals surface area contributed by atoms with Gasteiger partial charge >= 0.3 is 0 Å². The number of carbonyl (C=O) groups is 1. The van der Waals surface area contributed by atoms with Crippen LogP contribution in [0.1, 0.15) is 13.3 Å². The van der Waals surface area contributed by atoms with Crippen LogP contribution in [0, 0.1) is 0 Å². The summed E-state index contributed by atoms with van der Waals surface area (Å²) in [7, 11) is 3.02. The average molecular weight is 273 g/mol. The van der Waals surface area contributed by atoms with Gasteiger partial charge in [-0.2, -0.15) is 0 Å². The van der Waals surface area contributed by atoms with Crippen LogP contribution < -0.4 is 20.5 Å². The van der Waals surface area contributed by atoms with Crippen molar-refractivity contribution in [3.05, 3.63) is 17.2 Å². The van der Waals surface area contributed by atoms with Crippen LogP contribution in [0.25, 0.3) is 0 Å². The van der Waals surface area contributed by atoms with E-state index in [4.69, 9.17) is 26.8 Å². The van der Waals surface area contributed by atoms with Crippen molar-refractivity contribution in [1.29, 1.82) is 0 Å². The van der Waals surface area contributed by atoms with Crippen LogP contribution in [0.2, 0.25) is 5.02 Å². The number of halogens is 1. The van der Waals surface area contributed by atoms with Gasteiger partial charge < -0.3 is 20.5 Å². The lowest BCUT2D eigenvalue weighted by molar-refractivity contribution is -0.117. The first kappa shape index (κ1) is 14.6. The first-order valence-electron chi connectivity index (χ1n) is 5.51. The average Bonchev–Trinajstić information content (AvgIpc) is 2.39. The van der Waals surface area contributed by atoms with Gasteiger partial charge in [0.1, 0.15) is 0 Å². The zero-order valence-electron chi connectivity index (χ0n) is 10.6. The van der Waals surface area contributed by atoms with Crippen molar-refractivity contribution in [2.75, 3.05) is 19.5 Å². The van der Waals surface area contributed by atoms with E-state index in [1.54, 1.807) is 12.1 Å². The predicted molar refractivity (Wildman–Crippen MR) is 71.5 cm³/mol. The summed E-state index contributed by atoms with van der Waals surface area (Å²) in [5, 5.41) is 3.02. The van der Waals surface area contributed by atoms with E-state index in [1.165, 1.54) is 14.2 Å². The van der Waals surface area contributed by atoms with Crippen LogP contribution in [-0.2, 0) is 4.79 Å². The van der Waals surface area contributed by atoms with Gasteiger partial charge in [0, 0.05) is 12.1 Å². The quantitative estimate of drug-likeness (QED) is 0.860. The van der Waals surface area contributed by atoms with Crippen molar-refractivity contribution in [3.8, 4) is 11.5 Å². The molecule has 0 aliphatic rings. The van der Waals surface area contributed by atoms with Crippen LogP contribution >= 0.6 is 11.6 Å². The molecular weight excluding hydrogens is 256 g/mol. The summed E-state index contributed by atoms with van der Waals surface area (Å²) in [6.45, 7) is 1.83. The van der Waals surface area contributed by atoms with Gasteiger partial charge in [0.2, 0.25) is 5.91 Å². The van der Waals surface area contributed by atoms with Crippen LogP contribution in [0.15, 0.2) is 12.1 Å². The molecule has 0 aliphatic carbocycles. The summed E-state index contributed by atoms with van der Waals surface area (Å²) in [5.41, 5.74) is 6.08. The van der Waals surface area contributed by atoms with Gasteiger partial charge in [0.05, 0.1) is 31.0 Å². The zero-order chi connectivity index (χ0) is 13.7. The molecule has 1 aromatic carbocycles. The molecule has 3 N–H and O–H groups in total. The molecule has 0 radical (unpaired) electrons. The summed E-state index contributed by atoms with van der Waals surface area (Å²) in [6, 6.07) is 2.61. The van der Waals surface area contributed by atoms with E-state index in [-0.39, 0.29) is 5.91 Å². The number of anilines is 1. The van der Waals surface area contributed by atoms with E-state index < -0.39 is 6.04 Å². The molecule has 0 unspecified atom stereocenters. The molecule has 0 saturated heterocycles. The number of nitrogens with one attached hydrogen (secondary N) is 1. The summed E-state index contributed by atoms with van der Waals surface area (Å²) in [4.78, 5) is 11.7. The minimum absolute atomic E-state index is 0.286. The highest BCUT2D eigenvalue weighted by atomic mass is 35.5. The number of hydrogen-bond donors (Lipinski definition) is 2. The second-order valence-corrected chi connectivity index (χ2v) is 4.10. The third kappa shape index (κ3) is 3.27. The van der Waals surface area contributed by atoms with Crippen LogP contribution in [0.4, 0.5) is 5.69 Å². The largest absolute Gasteiger partial charge is 0.493 e. The van der Waals surface area contributed by atoms with Gasteiger partial charge in [-0.1, -0.05) is 18.5 Å². The maximum Gasteiger partial charge on any atom is 0.241 e. The molecule has 0 bridgehead atoms. The lowest BCUT2D eigenvalue weighted by atomic mass is 10.2. The van der Waals surface area contributed by atoms with Crippen LogP contribution in [0.5, 0.6) is 11.5 Å². The molecule has 6 heteroatoms. The molecule has 1 amide bonds. The second kappa shape index (κ2) is 6.47. The minimum Gasteiger partial charge on any atom is -0.493 e. The van der Waals surface area contributed by atoms with Crippen molar-refractivity contribution in [1.82, 2.24) is 0 Å². The van der Waals surface area contributed by atoms with Crippen molar-refractivity contribution in [2.45, 2.75) is 19.4 Å². The van der Waals surface area contributed by atoms with Crippen molar-refractivity contribution in [2.24, 2.45) is 5.73 Å². The third-order valence-electron chi connectivity index (χ3n) is 2.51. The topological polar surface area (TPSA) is 73.6 Å². The Hall–Kier alpha value is -1.46. The molecule has 18 heavy (non-hydrogen) atoms. The fourth-order valence-electron chi connectivity index (χ4n) is 1.36. The number of benzene rings is 1. The normalized spacial score (nSPS) is 11.8. The van der Waals surface area contributed by atoms with E-state index in [2.05, 4.69) is 5.32 Å². The van der Waals surface area contributed by atoms with Gasteiger partial charge in [-0.3, -0.25) is 4.79 Å². The number of ether oxygens (including phenoxy) is 2. The molecule has 0 spiro atoms. The molecule has 1 aromatic rings. The number of methoxy groups -OCH3 is 2. The number of rotatable bonds is 5. The fraction of sp³-hybridized carbons (Fsp3) is 0.417. The molecular formula is C12H17ClN2O3. The van der Waals surface area contributed by atoms with Gasteiger partial charge in [-0.05, 0) is 6.42 Å². The SMILES string of the molecule is CC[C@H](N)C(=O)Nc1cc(OC)c(OC)cc1Cl. The first-order chi connectivity index (χ1) is 8.53. The lowest BCUT2D eigenvalue weighted by Crippen LogP contribution is -2.34. The third-order valence-corrected chi connectivity index (χ3v) is 2.82. The molecule has 0 saturated carbocycles. The van der Waals surface area contributed by atoms with Gasteiger partial charge in [0.15, 0.2) is 11.5 Å². The number of amides is 1. The maximum atomic E-state index is 11.7. The van der Waals surface area contributed by atoms with E-state index in [0.29, 0.717) is 28.6 Å². The molecule has 0 heterocycles. The highest BCUT2D eigenvalue weighted by Gasteiger charge is 2.15. The number of carbonyl (C=O) groups excluding carboxylic acids is 1. The molecule has 0 aliphatic heterocycles. The Morgan fingerprint density at radius 2 is 1.94 bits per heavy atom. The summed E-state index contributed by atoms with van der Waals surface area (Å²) < 4.78 is 10.2. The second-order valence-electron chi connectivity index (χ2n) is 3.69. The molecule has 1 rings (SSSR count). The highest BCUT2D eigenvalue weighted by molar-refractivity contribution is 6.34. The zero-order valence-corrected chi connectivity index (χ0v) is 11.4. The maximum absolute atomic E-state index is 11.7. The van der Waals surface area contributed by atoms with Gasteiger partial charge in [-0.25, -0.2) is 0 Å². The Morgan fingerprint density at radius 3 is 2.44 bits per heavy atom. The van der Waals surface area contributed by atoms with E-state index >= 15 is 0 Å². The van der Waals surface area contributed by atoms with Crippen molar-refractivity contribution < 1.29 is 14.3 Å². The van der Waals surface area contributed by atoms with Crippen LogP contribution in [-0.4, -0.2) is 26.2 Å². The minimum atomic E-state index is -0.561. The molecule has 1 atom stereocenters. The Labute approximate surface area is 111 Å². The van der Waals surface area contributed by atoms with Crippen molar-refractivity contribution >= 4 is 23.2 Å². The van der Waals surface area contributed by atoms with E-state index in [9.17, 15) is 4.79 Å². The lowest BCUT2D eigenvalue weighted by Gasteiger charge is -2.14. The Kier molecular flexibility index (Phi) is 5.25. The highest BCUT2D eigenvalue weighted by Crippen LogP contribution is 2.35. The Balaban J connectivity index is 2.99. The van der Waals surface area contributed by atoms with E-state index in [1.807, 2.05) is 6.92 Å². The molecule has 100 valence electrons. The van der Waals surface area contributed by atoms with Gasteiger partial charge in [0.25, 0.3) is 0 Å². The van der Waals surface area contributed by atoms with Crippen molar-refractivity contribution in [3.63, 3.8) is 0 Å². The first-order valence-corrected chi connectivity index (χ1v) is 5.89. The number of hydrogen-bond acceptors (Lipinski definition) is 4. The molecule has 0 aromatic heterocycles. The Morgan fingerprint density at radius 1 is 1.39 bits per heavy atom. The smallest absolute Gasteiger partial charge is 0.241 e. The Bertz CT molecular complexity index is 438. The van der Waals surface area contributed by atoms with E-state index in [0.717, 1.165) is 0 Å². The summed E-state index contributed by atoms with van der Waals surface area (Å²) in [5.74, 6) is 0.703. The summed E-state index contributed by atoms with van der Waals surface area (Å²) >= 11 is 6.04. The number of nitrogens with two attached hydrogens (primary N) is 1. The van der Waals surface area contributed by atoms with Crippen LogP contribution in [0.3, 0.4) is 0 Å². The molecule has 5 nitrogen and oxygen atoms in total. The predicted octanol–water partition coefficient (Wildman–Crippen LogP) is 2.03. The fourth-order valence-corrected chi connectivity index (χ4v) is 1.56. The molecule has 0 fully saturated rings. The monoisotopic (exact) mass is 272 g/mol. The summed E-state index contributed by atoms with van der Waals surface area (Å²) in [6.07, 6.45) is 0.552.